The van der Waals surface area contributed by atoms with Gasteiger partial charge in [-0.1, -0.05) is 23.7 Å². The first kappa shape index (κ1) is 12.1. The van der Waals surface area contributed by atoms with Crippen LogP contribution in [0.5, 0.6) is 0 Å². The van der Waals surface area contributed by atoms with Gasteiger partial charge in [0.15, 0.2) is 0 Å². The fourth-order valence-corrected chi connectivity index (χ4v) is 1.87. The lowest BCUT2D eigenvalue weighted by Gasteiger charge is -2.20. The van der Waals surface area contributed by atoms with E-state index in [1.54, 1.807) is 6.33 Å². The van der Waals surface area contributed by atoms with Gasteiger partial charge in [0.1, 0.15) is 0 Å². The zero-order valence-electron chi connectivity index (χ0n) is 10.0. The summed E-state index contributed by atoms with van der Waals surface area (Å²) in [6.45, 7) is 4.72. The molecule has 0 amide bonds. The van der Waals surface area contributed by atoms with Gasteiger partial charge in [-0.05, 0) is 31.5 Å². The third-order valence-corrected chi connectivity index (χ3v) is 2.68. The van der Waals surface area contributed by atoms with Gasteiger partial charge >= 0.3 is 0 Å². The zero-order chi connectivity index (χ0) is 12.5. The molecule has 0 saturated heterocycles. The van der Waals surface area contributed by atoms with Crippen LogP contribution in [0.15, 0.2) is 36.8 Å². The van der Waals surface area contributed by atoms with Crippen molar-refractivity contribution in [3.05, 3.63) is 41.8 Å². The molecule has 0 spiro atoms. The normalized spacial score (nSPS) is 11.8. The largest absolute Gasteiger partial charge is 0.329 e. The highest BCUT2D eigenvalue weighted by molar-refractivity contribution is 6.30. The molecule has 3 nitrogen and oxygen atoms in total. The standard InChI is InChI=1S/C13H16ClN3/c1-13(2,15)8-17-9-16-7-12(17)10-3-5-11(14)6-4-10/h3-7,9H,8,15H2,1-2H3. The van der Waals surface area contributed by atoms with Crippen molar-refractivity contribution in [3.8, 4) is 11.3 Å². The molecule has 0 radical (unpaired) electrons. The van der Waals surface area contributed by atoms with Crippen molar-refractivity contribution in [1.29, 1.82) is 0 Å². The van der Waals surface area contributed by atoms with Crippen LogP contribution in [0.2, 0.25) is 5.02 Å². The molecule has 0 aliphatic carbocycles. The molecule has 0 saturated carbocycles. The minimum absolute atomic E-state index is 0.262. The van der Waals surface area contributed by atoms with Gasteiger partial charge in [0.05, 0.1) is 18.2 Å². The van der Waals surface area contributed by atoms with Crippen molar-refractivity contribution >= 4 is 11.6 Å². The molecule has 2 N–H and O–H groups in total. The molecular weight excluding hydrogens is 234 g/mol. The van der Waals surface area contributed by atoms with E-state index in [1.165, 1.54) is 0 Å². The first-order valence-corrected chi connectivity index (χ1v) is 5.88. The van der Waals surface area contributed by atoms with Gasteiger partial charge in [0.2, 0.25) is 0 Å². The van der Waals surface area contributed by atoms with E-state index in [0.717, 1.165) is 22.8 Å². The number of nitrogens with zero attached hydrogens (tertiary/aromatic N) is 2. The van der Waals surface area contributed by atoms with Crippen LogP contribution >= 0.6 is 11.6 Å². The monoisotopic (exact) mass is 249 g/mol. The number of imidazole rings is 1. The number of hydrogen-bond acceptors (Lipinski definition) is 2. The topological polar surface area (TPSA) is 43.8 Å². The molecule has 0 bridgehead atoms. The molecule has 0 atom stereocenters. The van der Waals surface area contributed by atoms with E-state index in [-0.39, 0.29) is 5.54 Å². The van der Waals surface area contributed by atoms with E-state index in [9.17, 15) is 0 Å². The third kappa shape index (κ3) is 3.08. The van der Waals surface area contributed by atoms with E-state index in [1.807, 2.05) is 44.3 Å². The summed E-state index contributed by atoms with van der Waals surface area (Å²) in [5.74, 6) is 0. The van der Waals surface area contributed by atoms with Gasteiger partial charge in [-0.15, -0.1) is 0 Å². The average molecular weight is 250 g/mol. The van der Waals surface area contributed by atoms with E-state index in [2.05, 4.69) is 9.55 Å². The molecule has 0 aliphatic rings. The quantitative estimate of drug-likeness (QED) is 0.909. The molecule has 2 rings (SSSR count). The van der Waals surface area contributed by atoms with Crippen LogP contribution in [0, 0.1) is 0 Å². The summed E-state index contributed by atoms with van der Waals surface area (Å²) in [6, 6.07) is 7.72. The molecule has 0 fully saturated rings. The summed E-state index contributed by atoms with van der Waals surface area (Å²) in [7, 11) is 0. The second-order valence-electron chi connectivity index (χ2n) is 4.90. The predicted octanol–water partition coefficient (Wildman–Crippen LogP) is 2.94. The van der Waals surface area contributed by atoms with Gasteiger partial charge in [-0.3, -0.25) is 0 Å². The Bertz CT molecular complexity index is 494. The number of rotatable bonds is 3. The first-order valence-electron chi connectivity index (χ1n) is 5.51. The molecular formula is C13H16ClN3. The minimum atomic E-state index is -0.262. The SMILES string of the molecule is CC(C)(N)Cn1cncc1-c1ccc(Cl)cc1. The van der Waals surface area contributed by atoms with Gasteiger partial charge in [0, 0.05) is 17.1 Å². The minimum Gasteiger partial charge on any atom is -0.329 e. The second-order valence-corrected chi connectivity index (χ2v) is 5.34. The number of hydrogen-bond donors (Lipinski definition) is 1. The molecule has 1 heterocycles. The van der Waals surface area contributed by atoms with Crippen LogP contribution in [0.1, 0.15) is 13.8 Å². The molecule has 2 aromatic rings. The van der Waals surface area contributed by atoms with Crippen LogP contribution in [-0.4, -0.2) is 15.1 Å². The Morgan fingerprint density at radius 3 is 2.53 bits per heavy atom. The summed E-state index contributed by atoms with van der Waals surface area (Å²) in [5.41, 5.74) is 7.92. The number of halogens is 1. The Labute approximate surface area is 106 Å². The van der Waals surface area contributed by atoms with E-state index in [0.29, 0.717) is 0 Å². The van der Waals surface area contributed by atoms with Crippen LogP contribution in [0.3, 0.4) is 0 Å². The molecule has 1 aromatic carbocycles. The Balaban J connectivity index is 2.33. The Kier molecular flexibility index (Phi) is 3.22. The Morgan fingerprint density at radius 1 is 1.29 bits per heavy atom. The fourth-order valence-electron chi connectivity index (χ4n) is 1.75. The van der Waals surface area contributed by atoms with Crippen LogP contribution in [-0.2, 0) is 6.54 Å². The molecule has 0 unspecified atom stereocenters. The smallest absolute Gasteiger partial charge is 0.0951 e. The van der Waals surface area contributed by atoms with E-state index in [4.69, 9.17) is 17.3 Å². The Hall–Kier alpha value is -1.32. The lowest BCUT2D eigenvalue weighted by atomic mass is 10.1. The van der Waals surface area contributed by atoms with Crippen LogP contribution in [0.4, 0.5) is 0 Å². The third-order valence-electron chi connectivity index (χ3n) is 2.43. The number of aromatic nitrogens is 2. The second kappa shape index (κ2) is 4.51. The maximum Gasteiger partial charge on any atom is 0.0951 e. The van der Waals surface area contributed by atoms with Crippen molar-refractivity contribution in [3.63, 3.8) is 0 Å². The molecule has 17 heavy (non-hydrogen) atoms. The number of nitrogens with two attached hydrogens (primary N) is 1. The summed E-state index contributed by atoms with van der Waals surface area (Å²) < 4.78 is 2.06. The molecule has 1 aromatic heterocycles. The molecule has 0 aliphatic heterocycles. The van der Waals surface area contributed by atoms with Gasteiger partial charge in [-0.2, -0.15) is 0 Å². The maximum atomic E-state index is 6.03. The number of benzene rings is 1. The Morgan fingerprint density at radius 2 is 1.94 bits per heavy atom. The van der Waals surface area contributed by atoms with E-state index >= 15 is 0 Å². The van der Waals surface area contributed by atoms with Crippen molar-refractivity contribution in [1.82, 2.24) is 9.55 Å². The van der Waals surface area contributed by atoms with Crippen molar-refractivity contribution in [2.24, 2.45) is 5.73 Å². The highest BCUT2D eigenvalue weighted by Crippen LogP contribution is 2.22. The van der Waals surface area contributed by atoms with Crippen molar-refractivity contribution in [2.45, 2.75) is 25.9 Å². The first-order chi connectivity index (χ1) is 7.96. The highest BCUT2D eigenvalue weighted by Gasteiger charge is 2.14. The summed E-state index contributed by atoms with van der Waals surface area (Å²) >= 11 is 5.88. The van der Waals surface area contributed by atoms with Gasteiger partial charge in [0.25, 0.3) is 0 Å². The lowest BCUT2D eigenvalue weighted by Crippen LogP contribution is -2.37. The molecule has 4 heteroatoms. The maximum absolute atomic E-state index is 6.03. The van der Waals surface area contributed by atoms with Crippen LogP contribution < -0.4 is 5.73 Å². The zero-order valence-corrected chi connectivity index (χ0v) is 10.8. The summed E-state index contributed by atoms with van der Waals surface area (Å²) in [6.07, 6.45) is 3.65. The summed E-state index contributed by atoms with van der Waals surface area (Å²) in [4.78, 5) is 4.18. The van der Waals surface area contributed by atoms with Gasteiger partial charge in [-0.25, -0.2) is 4.98 Å². The van der Waals surface area contributed by atoms with Crippen LogP contribution in [0.25, 0.3) is 11.3 Å². The average Bonchev–Trinajstić information content (AvgIpc) is 2.64. The van der Waals surface area contributed by atoms with Crippen molar-refractivity contribution in [2.75, 3.05) is 0 Å². The van der Waals surface area contributed by atoms with E-state index < -0.39 is 0 Å². The highest BCUT2D eigenvalue weighted by atomic mass is 35.5. The predicted molar refractivity (Wildman–Crippen MR) is 70.9 cm³/mol. The summed E-state index contributed by atoms with van der Waals surface area (Å²) in [5, 5.41) is 0.735. The molecule has 90 valence electrons. The lowest BCUT2D eigenvalue weighted by molar-refractivity contribution is 0.436. The fraction of sp³-hybridized carbons (Fsp3) is 0.308. The van der Waals surface area contributed by atoms with Crippen molar-refractivity contribution < 1.29 is 0 Å². The van der Waals surface area contributed by atoms with Gasteiger partial charge < -0.3 is 10.3 Å².